The minimum Gasteiger partial charge on any atom is -0.386 e. The van der Waals surface area contributed by atoms with E-state index in [9.17, 15) is 9.90 Å². The van der Waals surface area contributed by atoms with Crippen molar-refractivity contribution in [3.8, 4) is 0 Å². The van der Waals surface area contributed by atoms with Gasteiger partial charge in [0.25, 0.3) is 0 Å². The predicted octanol–water partition coefficient (Wildman–Crippen LogP) is 2.99. The van der Waals surface area contributed by atoms with E-state index >= 15 is 0 Å². The van der Waals surface area contributed by atoms with Crippen LogP contribution < -0.4 is 5.32 Å². The van der Waals surface area contributed by atoms with E-state index in [2.05, 4.69) is 5.32 Å². The van der Waals surface area contributed by atoms with Gasteiger partial charge in [-0.15, -0.1) is 0 Å². The third kappa shape index (κ3) is 3.45. The Hall–Kier alpha value is -2.13. The first kappa shape index (κ1) is 14.3. The molecule has 1 amide bonds. The maximum Gasteiger partial charge on any atom is 0.220 e. The highest BCUT2D eigenvalue weighted by atomic mass is 16.3. The Morgan fingerprint density at radius 2 is 1.50 bits per heavy atom. The molecule has 3 heteroatoms. The largest absolute Gasteiger partial charge is 0.386 e. The van der Waals surface area contributed by atoms with E-state index in [1.807, 2.05) is 60.7 Å². The number of aliphatic hydroxyl groups is 1. The number of hydrogen-bond donors (Lipinski definition) is 2. The van der Waals surface area contributed by atoms with Crippen LogP contribution >= 0.6 is 0 Å². The average molecular weight is 269 g/mol. The third-order valence-corrected chi connectivity index (χ3v) is 3.25. The van der Waals surface area contributed by atoms with Crippen molar-refractivity contribution < 1.29 is 9.90 Å². The third-order valence-electron chi connectivity index (χ3n) is 3.25. The van der Waals surface area contributed by atoms with Crippen molar-refractivity contribution in [1.82, 2.24) is 5.32 Å². The van der Waals surface area contributed by atoms with Gasteiger partial charge in [-0.1, -0.05) is 67.6 Å². The first-order valence-electron chi connectivity index (χ1n) is 6.79. The standard InChI is InChI=1S/C17H19NO2/c1-2-15(19)18-16(13-9-5-3-6-10-13)17(20)14-11-7-4-8-12-14/h3-12,16-17,20H,2H2,1H3,(H,18,19). The number of aliphatic hydroxyl groups excluding tert-OH is 1. The molecule has 0 spiro atoms. The number of hydrogen-bond acceptors (Lipinski definition) is 2. The highest BCUT2D eigenvalue weighted by Crippen LogP contribution is 2.28. The lowest BCUT2D eigenvalue weighted by molar-refractivity contribution is -0.122. The van der Waals surface area contributed by atoms with E-state index in [-0.39, 0.29) is 5.91 Å². The van der Waals surface area contributed by atoms with Gasteiger partial charge in [-0.25, -0.2) is 0 Å². The second-order valence-electron chi connectivity index (χ2n) is 4.66. The van der Waals surface area contributed by atoms with Crippen molar-refractivity contribution >= 4 is 5.91 Å². The maximum absolute atomic E-state index is 11.7. The second kappa shape index (κ2) is 6.87. The van der Waals surface area contributed by atoms with Gasteiger partial charge in [0.1, 0.15) is 6.10 Å². The molecule has 0 bridgehead atoms. The van der Waals surface area contributed by atoms with Crippen LogP contribution in [0.2, 0.25) is 0 Å². The Labute approximate surface area is 119 Å². The van der Waals surface area contributed by atoms with Crippen LogP contribution in [0, 0.1) is 0 Å². The minimum absolute atomic E-state index is 0.0752. The fourth-order valence-electron chi connectivity index (χ4n) is 2.12. The fraction of sp³-hybridized carbons (Fsp3) is 0.235. The SMILES string of the molecule is CCC(=O)NC(c1ccccc1)C(O)c1ccccc1. The zero-order valence-corrected chi connectivity index (χ0v) is 11.5. The highest BCUT2D eigenvalue weighted by Gasteiger charge is 2.23. The predicted molar refractivity (Wildman–Crippen MR) is 79.0 cm³/mol. The number of nitrogens with one attached hydrogen (secondary N) is 1. The number of carbonyl (C=O) groups excluding carboxylic acids is 1. The Kier molecular flexibility index (Phi) is 4.91. The van der Waals surface area contributed by atoms with E-state index in [0.717, 1.165) is 11.1 Å². The monoisotopic (exact) mass is 269 g/mol. The van der Waals surface area contributed by atoms with Crippen LogP contribution in [0.3, 0.4) is 0 Å². The van der Waals surface area contributed by atoms with Gasteiger partial charge in [0.15, 0.2) is 0 Å². The Balaban J connectivity index is 2.29. The number of carbonyl (C=O) groups is 1. The lowest BCUT2D eigenvalue weighted by Crippen LogP contribution is -2.32. The van der Waals surface area contributed by atoms with E-state index in [0.29, 0.717) is 6.42 Å². The normalized spacial score (nSPS) is 13.5. The summed E-state index contributed by atoms with van der Waals surface area (Å²) in [5.41, 5.74) is 1.68. The Morgan fingerprint density at radius 1 is 1.00 bits per heavy atom. The smallest absolute Gasteiger partial charge is 0.220 e. The molecule has 0 aromatic heterocycles. The highest BCUT2D eigenvalue weighted by molar-refractivity contribution is 5.76. The molecule has 0 saturated carbocycles. The van der Waals surface area contributed by atoms with Crippen molar-refractivity contribution in [2.45, 2.75) is 25.5 Å². The quantitative estimate of drug-likeness (QED) is 0.876. The van der Waals surface area contributed by atoms with Crippen LogP contribution in [0.4, 0.5) is 0 Å². The number of rotatable bonds is 5. The van der Waals surface area contributed by atoms with Crippen LogP contribution in [-0.2, 0) is 4.79 Å². The van der Waals surface area contributed by atoms with Crippen LogP contribution in [0.25, 0.3) is 0 Å². The molecule has 2 aromatic rings. The first-order valence-corrected chi connectivity index (χ1v) is 6.79. The molecule has 2 N–H and O–H groups in total. The summed E-state index contributed by atoms with van der Waals surface area (Å²) in [7, 11) is 0. The van der Waals surface area contributed by atoms with Crippen LogP contribution in [0.15, 0.2) is 60.7 Å². The van der Waals surface area contributed by atoms with E-state index < -0.39 is 12.1 Å². The summed E-state index contributed by atoms with van der Waals surface area (Å²) in [5.74, 6) is -0.0752. The molecule has 0 saturated heterocycles. The molecular weight excluding hydrogens is 250 g/mol. The van der Waals surface area contributed by atoms with Crippen LogP contribution in [0.5, 0.6) is 0 Å². The summed E-state index contributed by atoms with van der Waals surface area (Å²) in [5, 5.41) is 13.5. The Morgan fingerprint density at radius 3 is 2.00 bits per heavy atom. The topological polar surface area (TPSA) is 49.3 Å². The molecule has 2 unspecified atom stereocenters. The summed E-state index contributed by atoms with van der Waals surface area (Å²) in [4.78, 5) is 11.7. The molecular formula is C17H19NO2. The van der Waals surface area contributed by atoms with Crippen LogP contribution in [-0.4, -0.2) is 11.0 Å². The van der Waals surface area contributed by atoms with Gasteiger partial charge in [0, 0.05) is 6.42 Å². The molecule has 0 aliphatic rings. The molecule has 0 aliphatic heterocycles. The molecule has 0 heterocycles. The van der Waals surface area contributed by atoms with Gasteiger partial charge < -0.3 is 10.4 Å². The molecule has 3 nitrogen and oxygen atoms in total. The van der Waals surface area contributed by atoms with Crippen molar-refractivity contribution in [3.05, 3.63) is 71.8 Å². The van der Waals surface area contributed by atoms with E-state index in [1.54, 1.807) is 6.92 Å². The molecule has 104 valence electrons. The molecule has 20 heavy (non-hydrogen) atoms. The summed E-state index contributed by atoms with van der Waals surface area (Å²) >= 11 is 0. The van der Waals surface area contributed by atoms with Crippen molar-refractivity contribution in [2.75, 3.05) is 0 Å². The van der Waals surface area contributed by atoms with Gasteiger partial charge in [-0.05, 0) is 11.1 Å². The van der Waals surface area contributed by atoms with Crippen molar-refractivity contribution in [2.24, 2.45) is 0 Å². The van der Waals surface area contributed by atoms with Gasteiger partial charge >= 0.3 is 0 Å². The van der Waals surface area contributed by atoms with Crippen molar-refractivity contribution in [3.63, 3.8) is 0 Å². The molecule has 0 fully saturated rings. The van der Waals surface area contributed by atoms with Gasteiger partial charge in [-0.3, -0.25) is 4.79 Å². The zero-order valence-electron chi connectivity index (χ0n) is 11.5. The molecule has 2 rings (SSSR count). The first-order chi connectivity index (χ1) is 9.72. The van der Waals surface area contributed by atoms with Gasteiger partial charge in [0.05, 0.1) is 6.04 Å². The minimum atomic E-state index is -0.769. The number of amides is 1. The van der Waals surface area contributed by atoms with Gasteiger partial charge in [-0.2, -0.15) is 0 Å². The molecule has 2 atom stereocenters. The lowest BCUT2D eigenvalue weighted by atomic mass is 9.95. The van der Waals surface area contributed by atoms with Gasteiger partial charge in [0.2, 0.25) is 5.91 Å². The lowest BCUT2D eigenvalue weighted by Gasteiger charge is -2.25. The average Bonchev–Trinajstić information content (AvgIpc) is 2.53. The maximum atomic E-state index is 11.7. The molecule has 0 radical (unpaired) electrons. The van der Waals surface area contributed by atoms with E-state index in [1.165, 1.54) is 0 Å². The molecule has 2 aromatic carbocycles. The zero-order chi connectivity index (χ0) is 14.4. The van der Waals surface area contributed by atoms with Crippen molar-refractivity contribution in [1.29, 1.82) is 0 Å². The summed E-state index contributed by atoms with van der Waals surface area (Å²) < 4.78 is 0. The Bertz CT molecular complexity index is 539. The summed E-state index contributed by atoms with van der Waals surface area (Å²) in [6, 6.07) is 18.5. The summed E-state index contributed by atoms with van der Waals surface area (Å²) in [6.07, 6.45) is -0.376. The second-order valence-corrected chi connectivity index (χ2v) is 4.66. The fourth-order valence-corrected chi connectivity index (χ4v) is 2.12. The number of benzene rings is 2. The summed E-state index contributed by atoms with van der Waals surface area (Å²) in [6.45, 7) is 1.80. The van der Waals surface area contributed by atoms with Crippen LogP contribution in [0.1, 0.15) is 36.6 Å². The molecule has 0 aliphatic carbocycles. The van der Waals surface area contributed by atoms with E-state index in [4.69, 9.17) is 0 Å².